The zero-order valence-corrected chi connectivity index (χ0v) is 11.0. The Morgan fingerprint density at radius 1 is 1.56 bits per heavy atom. The van der Waals surface area contributed by atoms with Crippen molar-refractivity contribution < 1.29 is 4.92 Å². The highest BCUT2D eigenvalue weighted by Gasteiger charge is 2.41. The van der Waals surface area contributed by atoms with Gasteiger partial charge in [0, 0.05) is 6.54 Å². The van der Waals surface area contributed by atoms with E-state index >= 15 is 0 Å². The van der Waals surface area contributed by atoms with Gasteiger partial charge in [0.2, 0.25) is 0 Å². The average Bonchev–Trinajstić information content (AvgIpc) is 3.07. The van der Waals surface area contributed by atoms with E-state index in [4.69, 9.17) is 11.6 Å². The summed E-state index contributed by atoms with van der Waals surface area (Å²) in [6.07, 6.45) is 4.78. The van der Waals surface area contributed by atoms with Gasteiger partial charge in [-0.05, 0) is 24.7 Å². The summed E-state index contributed by atoms with van der Waals surface area (Å²) in [7, 11) is 0. The van der Waals surface area contributed by atoms with Gasteiger partial charge >= 0.3 is 0 Å². The van der Waals surface area contributed by atoms with Crippen LogP contribution in [0, 0.1) is 15.5 Å². The van der Waals surface area contributed by atoms with Gasteiger partial charge in [0.25, 0.3) is 5.69 Å². The Labute approximate surface area is 111 Å². The van der Waals surface area contributed by atoms with Crippen LogP contribution in [-0.2, 0) is 0 Å². The number of nitro groups is 1. The molecule has 1 aliphatic rings. The molecule has 1 fully saturated rings. The quantitative estimate of drug-likeness (QED) is 0.486. The van der Waals surface area contributed by atoms with Crippen molar-refractivity contribution in [3.8, 4) is 0 Å². The fraction of sp³-hybridized carbons (Fsp3) is 0.583. The fourth-order valence-corrected chi connectivity index (χ4v) is 2.38. The van der Waals surface area contributed by atoms with Crippen molar-refractivity contribution >= 4 is 23.1 Å². The van der Waals surface area contributed by atoms with E-state index in [1.54, 1.807) is 0 Å². The minimum atomic E-state index is -0.461. The molecule has 0 radical (unpaired) electrons. The highest BCUT2D eigenvalue weighted by atomic mass is 35.5. The molecular weight excluding hydrogens is 254 g/mol. The Bertz CT molecular complexity index is 461. The second-order valence-corrected chi connectivity index (χ2v) is 5.28. The summed E-state index contributed by atoms with van der Waals surface area (Å²) in [5.41, 5.74) is 0.339. The molecule has 18 heavy (non-hydrogen) atoms. The van der Waals surface area contributed by atoms with Crippen LogP contribution in [0.15, 0.2) is 12.1 Å². The maximum Gasteiger partial charge on any atom is 0.276 e. The van der Waals surface area contributed by atoms with Gasteiger partial charge in [0.05, 0.1) is 17.1 Å². The number of hydrogen-bond acceptors (Lipinski definition) is 4. The summed E-state index contributed by atoms with van der Waals surface area (Å²) < 4.78 is 0. The van der Waals surface area contributed by atoms with Gasteiger partial charge in [-0.2, -0.15) is 0 Å². The number of halogens is 1. The lowest BCUT2D eigenvalue weighted by atomic mass is 10.0. The SMILES string of the molecule is CCCC1(CNc2cc([N+](=O)[O-])cc(Cl)n2)CC1. The Morgan fingerprint density at radius 2 is 2.28 bits per heavy atom. The smallest absolute Gasteiger partial charge is 0.276 e. The molecule has 1 aromatic heterocycles. The van der Waals surface area contributed by atoms with Gasteiger partial charge in [-0.1, -0.05) is 24.9 Å². The zero-order chi connectivity index (χ0) is 13.2. The molecule has 1 aliphatic carbocycles. The van der Waals surface area contributed by atoms with E-state index in [1.165, 1.54) is 31.4 Å². The molecule has 0 aromatic carbocycles. The molecule has 0 saturated heterocycles. The van der Waals surface area contributed by atoms with Gasteiger partial charge in [-0.25, -0.2) is 4.98 Å². The summed E-state index contributed by atoms with van der Waals surface area (Å²) in [4.78, 5) is 14.3. The highest BCUT2D eigenvalue weighted by Crippen LogP contribution is 2.49. The maximum absolute atomic E-state index is 10.7. The number of hydrogen-bond donors (Lipinski definition) is 1. The molecule has 2 rings (SSSR count). The van der Waals surface area contributed by atoms with Crippen molar-refractivity contribution in [2.75, 3.05) is 11.9 Å². The molecule has 6 heteroatoms. The van der Waals surface area contributed by atoms with E-state index in [0.717, 1.165) is 13.0 Å². The molecule has 0 aliphatic heterocycles. The average molecular weight is 270 g/mol. The van der Waals surface area contributed by atoms with Crippen LogP contribution in [0.5, 0.6) is 0 Å². The highest BCUT2D eigenvalue weighted by molar-refractivity contribution is 6.29. The van der Waals surface area contributed by atoms with Crippen LogP contribution in [0.2, 0.25) is 5.15 Å². The monoisotopic (exact) mass is 269 g/mol. The predicted molar refractivity (Wildman–Crippen MR) is 71.0 cm³/mol. The van der Waals surface area contributed by atoms with Gasteiger partial charge in [-0.3, -0.25) is 10.1 Å². The van der Waals surface area contributed by atoms with E-state index in [0.29, 0.717) is 11.2 Å². The standard InChI is InChI=1S/C12H16ClN3O2/c1-2-3-12(4-5-12)8-14-11-7-9(16(17)18)6-10(13)15-11/h6-7H,2-5,8H2,1H3,(H,14,15). The van der Waals surface area contributed by atoms with E-state index in [9.17, 15) is 10.1 Å². The number of rotatable bonds is 6. The molecule has 1 heterocycles. The third kappa shape index (κ3) is 3.10. The third-order valence-corrected chi connectivity index (χ3v) is 3.57. The summed E-state index contributed by atoms with van der Waals surface area (Å²) in [6.45, 7) is 2.98. The molecule has 0 spiro atoms. The predicted octanol–water partition coefficient (Wildman–Crippen LogP) is 3.64. The van der Waals surface area contributed by atoms with Crippen LogP contribution in [0.3, 0.4) is 0 Å². The lowest BCUT2D eigenvalue weighted by Crippen LogP contribution is -2.16. The molecule has 1 saturated carbocycles. The van der Waals surface area contributed by atoms with Gasteiger partial charge in [0.15, 0.2) is 0 Å². The van der Waals surface area contributed by atoms with E-state index < -0.39 is 4.92 Å². The van der Waals surface area contributed by atoms with Crippen molar-refractivity contribution in [2.45, 2.75) is 32.6 Å². The van der Waals surface area contributed by atoms with Crippen molar-refractivity contribution in [2.24, 2.45) is 5.41 Å². The Hall–Kier alpha value is -1.36. The van der Waals surface area contributed by atoms with Crippen LogP contribution in [-0.4, -0.2) is 16.5 Å². The Kier molecular flexibility index (Phi) is 3.71. The fourth-order valence-electron chi connectivity index (χ4n) is 2.18. The summed E-state index contributed by atoms with van der Waals surface area (Å²) in [6, 6.07) is 2.68. The largest absolute Gasteiger partial charge is 0.369 e. The van der Waals surface area contributed by atoms with Crippen molar-refractivity contribution in [1.82, 2.24) is 4.98 Å². The first-order chi connectivity index (χ1) is 8.54. The van der Waals surface area contributed by atoms with E-state index in [-0.39, 0.29) is 10.8 Å². The summed E-state index contributed by atoms with van der Waals surface area (Å²) in [5, 5.41) is 14.0. The van der Waals surface area contributed by atoms with Crippen molar-refractivity contribution in [1.29, 1.82) is 0 Å². The van der Waals surface area contributed by atoms with Crippen LogP contribution in [0.25, 0.3) is 0 Å². The Morgan fingerprint density at radius 3 is 2.83 bits per heavy atom. The Balaban J connectivity index is 2.03. The van der Waals surface area contributed by atoms with Gasteiger partial charge in [0.1, 0.15) is 11.0 Å². The first-order valence-electron chi connectivity index (χ1n) is 6.10. The molecule has 0 atom stereocenters. The first-order valence-corrected chi connectivity index (χ1v) is 6.48. The van der Waals surface area contributed by atoms with Crippen LogP contribution >= 0.6 is 11.6 Å². The zero-order valence-electron chi connectivity index (χ0n) is 10.3. The van der Waals surface area contributed by atoms with E-state index in [2.05, 4.69) is 17.2 Å². The van der Waals surface area contributed by atoms with E-state index in [1.807, 2.05) is 0 Å². The number of anilines is 1. The normalized spacial score (nSPS) is 16.3. The molecule has 98 valence electrons. The van der Waals surface area contributed by atoms with Gasteiger partial charge < -0.3 is 5.32 Å². The number of nitrogens with zero attached hydrogens (tertiary/aromatic N) is 2. The number of nitrogens with one attached hydrogen (secondary N) is 1. The van der Waals surface area contributed by atoms with Crippen molar-refractivity contribution in [3.05, 3.63) is 27.4 Å². The molecule has 0 amide bonds. The van der Waals surface area contributed by atoms with Crippen LogP contribution in [0.1, 0.15) is 32.6 Å². The van der Waals surface area contributed by atoms with Crippen LogP contribution in [0.4, 0.5) is 11.5 Å². The summed E-state index contributed by atoms with van der Waals surface area (Å²) in [5.74, 6) is 0.483. The lowest BCUT2D eigenvalue weighted by Gasteiger charge is -2.15. The lowest BCUT2D eigenvalue weighted by molar-refractivity contribution is -0.384. The molecule has 1 N–H and O–H groups in total. The second kappa shape index (κ2) is 5.10. The van der Waals surface area contributed by atoms with Crippen molar-refractivity contribution in [3.63, 3.8) is 0 Å². The molecule has 0 bridgehead atoms. The minimum absolute atomic E-state index is 0.0298. The number of aromatic nitrogens is 1. The second-order valence-electron chi connectivity index (χ2n) is 4.89. The third-order valence-electron chi connectivity index (χ3n) is 3.37. The number of pyridine rings is 1. The molecule has 0 unspecified atom stereocenters. The first kappa shape index (κ1) is 13.1. The maximum atomic E-state index is 10.7. The van der Waals surface area contributed by atoms with Gasteiger partial charge in [-0.15, -0.1) is 0 Å². The topological polar surface area (TPSA) is 68.1 Å². The molecular formula is C12H16ClN3O2. The summed E-state index contributed by atoms with van der Waals surface area (Å²) >= 11 is 5.77. The molecule has 1 aromatic rings. The minimum Gasteiger partial charge on any atom is -0.369 e. The molecule has 5 nitrogen and oxygen atoms in total. The van der Waals surface area contributed by atoms with Crippen LogP contribution < -0.4 is 5.32 Å².